The second kappa shape index (κ2) is 7.35. The Morgan fingerprint density at radius 1 is 1.18 bits per heavy atom. The van der Waals surface area contributed by atoms with Crippen molar-refractivity contribution in [1.29, 1.82) is 0 Å². The Morgan fingerprint density at radius 2 is 1.86 bits per heavy atom. The van der Waals surface area contributed by atoms with Crippen LogP contribution in [0.25, 0.3) is 0 Å². The van der Waals surface area contributed by atoms with Gasteiger partial charge in [0.25, 0.3) is 5.91 Å². The molecule has 22 heavy (non-hydrogen) atoms. The Balaban J connectivity index is 1.90. The van der Waals surface area contributed by atoms with Crippen molar-refractivity contribution in [1.82, 2.24) is 4.90 Å². The molecule has 116 valence electrons. The van der Waals surface area contributed by atoms with Crippen molar-refractivity contribution < 1.29 is 18.3 Å². The number of amides is 1. The van der Waals surface area contributed by atoms with Crippen molar-refractivity contribution in [3.8, 4) is 5.75 Å². The summed E-state index contributed by atoms with van der Waals surface area (Å²) in [6, 6.07) is 10.2. The molecule has 0 saturated heterocycles. The van der Waals surface area contributed by atoms with Gasteiger partial charge in [-0.1, -0.05) is 15.9 Å². The molecule has 0 aliphatic heterocycles. The maximum Gasteiger partial charge on any atom is 0.256 e. The highest BCUT2D eigenvalue weighted by Crippen LogP contribution is 2.16. The summed E-state index contributed by atoms with van der Waals surface area (Å²) < 4.78 is 32.8. The third-order valence-corrected chi connectivity index (χ3v) is 3.55. The molecule has 2 rings (SSSR count). The molecule has 0 N–H and O–H groups in total. The van der Waals surface area contributed by atoms with Crippen molar-refractivity contribution in [3.63, 3.8) is 0 Å². The summed E-state index contributed by atoms with van der Waals surface area (Å²) in [5.41, 5.74) is -0.160. The fraction of sp³-hybridized carbons (Fsp3) is 0.188. The summed E-state index contributed by atoms with van der Waals surface area (Å²) in [4.78, 5) is 13.4. The number of likely N-dealkylation sites (N-methyl/N-ethyl adjacent to an activating group) is 1. The molecule has 0 aliphatic carbocycles. The first kappa shape index (κ1) is 16.4. The normalized spacial score (nSPS) is 10.4. The van der Waals surface area contributed by atoms with Gasteiger partial charge in [-0.2, -0.15) is 0 Å². The van der Waals surface area contributed by atoms with E-state index in [1.165, 1.54) is 11.9 Å². The molecule has 2 aromatic carbocycles. The van der Waals surface area contributed by atoms with Crippen LogP contribution in [0.5, 0.6) is 5.75 Å². The van der Waals surface area contributed by atoms with Gasteiger partial charge in [0.05, 0.1) is 12.1 Å². The zero-order chi connectivity index (χ0) is 16.1. The van der Waals surface area contributed by atoms with Gasteiger partial charge in [0.1, 0.15) is 24.0 Å². The summed E-state index contributed by atoms with van der Waals surface area (Å²) in [6.07, 6.45) is 0. The topological polar surface area (TPSA) is 29.5 Å². The third-order valence-electron chi connectivity index (χ3n) is 3.02. The van der Waals surface area contributed by atoms with E-state index in [4.69, 9.17) is 4.74 Å². The maximum atomic E-state index is 13.6. The summed E-state index contributed by atoms with van der Waals surface area (Å²) in [5.74, 6) is -1.42. The molecule has 0 aliphatic rings. The lowest BCUT2D eigenvalue weighted by molar-refractivity contribution is 0.0769. The van der Waals surface area contributed by atoms with E-state index < -0.39 is 17.5 Å². The first-order valence-electron chi connectivity index (χ1n) is 6.56. The van der Waals surface area contributed by atoms with E-state index in [0.717, 1.165) is 16.6 Å². The maximum absolute atomic E-state index is 13.6. The fourth-order valence-electron chi connectivity index (χ4n) is 1.80. The van der Waals surface area contributed by atoms with Gasteiger partial charge in [-0.3, -0.25) is 4.79 Å². The van der Waals surface area contributed by atoms with Crippen molar-refractivity contribution in [2.24, 2.45) is 0 Å². The number of rotatable bonds is 5. The molecule has 0 unspecified atom stereocenters. The second-order valence-corrected chi connectivity index (χ2v) is 5.57. The summed E-state index contributed by atoms with van der Waals surface area (Å²) in [6.45, 7) is 0.554. The molecule has 0 radical (unpaired) electrons. The van der Waals surface area contributed by atoms with Gasteiger partial charge in [0.15, 0.2) is 0 Å². The van der Waals surface area contributed by atoms with Crippen LogP contribution in [0.1, 0.15) is 10.4 Å². The minimum Gasteiger partial charge on any atom is -0.492 e. The Kier molecular flexibility index (Phi) is 5.49. The molecule has 0 bridgehead atoms. The molecular weight excluding hydrogens is 356 g/mol. The van der Waals surface area contributed by atoms with Crippen molar-refractivity contribution in [2.45, 2.75) is 0 Å². The first-order chi connectivity index (χ1) is 10.5. The van der Waals surface area contributed by atoms with E-state index in [9.17, 15) is 13.6 Å². The monoisotopic (exact) mass is 369 g/mol. The van der Waals surface area contributed by atoms with Crippen LogP contribution in [0.2, 0.25) is 0 Å². The van der Waals surface area contributed by atoms with E-state index >= 15 is 0 Å². The third kappa shape index (κ3) is 4.27. The molecule has 0 fully saturated rings. The molecule has 0 saturated carbocycles. The molecule has 0 heterocycles. The Labute approximate surface area is 135 Å². The Bertz CT molecular complexity index is 662. The first-order valence-corrected chi connectivity index (χ1v) is 7.35. The van der Waals surface area contributed by atoms with Gasteiger partial charge >= 0.3 is 0 Å². The largest absolute Gasteiger partial charge is 0.492 e. The summed E-state index contributed by atoms with van der Waals surface area (Å²) in [7, 11) is 1.54. The highest BCUT2D eigenvalue weighted by atomic mass is 79.9. The number of benzene rings is 2. The lowest BCUT2D eigenvalue weighted by Crippen LogP contribution is -2.31. The minimum absolute atomic E-state index is 0.160. The van der Waals surface area contributed by atoms with Gasteiger partial charge in [0.2, 0.25) is 0 Å². The predicted octanol–water partition coefficient (Wildman–Crippen LogP) is 3.88. The van der Waals surface area contributed by atoms with Gasteiger partial charge < -0.3 is 9.64 Å². The van der Waals surface area contributed by atoms with Crippen LogP contribution in [0, 0.1) is 11.6 Å². The van der Waals surface area contributed by atoms with Gasteiger partial charge in [-0.15, -0.1) is 0 Å². The number of ether oxygens (including phenoxy) is 1. The molecule has 3 nitrogen and oxygen atoms in total. The Hall–Kier alpha value is -1.95. The van der Waals surface area contributed by atoms with E-state index in [1.54, 1.807) is 12.1 Å². The number of carbonyl (C=O) groups excluding carboxylic acids is 1. The van der Waals surface area contributed by atoms with Crippen LogP contribution < -0.4 is 4.74 Å². The predicted molar refractivity (Wildman–Crippen MR) is 83.0 cm³/mol. The van der Waals surface area contributed by atoms with Crippen LogP contribution in [0.4, 0.5) is 8.78 Å². The highest BCUT2D eigenvalue weighted by molar-refractivity contribution is 9.10. The molecule has 0 spiro atoms. The highest BCUT2D eigenvalue weighted by Gasteiger charge is 2.16. The number of nitrogens with zero attached hydrogens (tertiary/aromatic N) is 1. The smallest absolute Gasteiger partial charge is 0.256 e. The van der Waals surface area contributed by atoms with Crippen molar-refractivity contribution in [2.75, 3.05) is 20.2 Å². The average Bonchev–Trinajstić information content (AvgIpc) is 2.48. The number of hydrogen-bond donors (Lipinski definition) is 0. The standard InChI is InChI=1S/C16H14BrF2NO2/c1-20(8-9-22-13-5-2-11(17)3-6-13)16(21)14-7-4-12(18)10-15(14)19/h2-7,10H,8-9H2,1H3. The number of carbonyl (C=O) groups is 1. The molecule has 6 heteroatoms. The van der Waals surface area contributed by atoms with Crippen molar-refractivity contribution >= 4 is 21.8 Å². The van der Waals surface area contributed by atoms with Crippen LogP contribution in [0.3, 0.4) is 0 Å². The molecular formula is C16H14BrF2NO2. The minimum atomic E-state index is -0.870. The van der Waals surface area contributed by atoms with Crippen LogP contribution >= 0.6 is 15.9 Å². The van der Waals surface area contributed by atoms with E-state index in [-0.39, 0.29) is 18.7 Å². The lowest BCUT2D eigenvalue weighted by atomic mass is 10.2. The zero-order valence-electron chi connectivity index (χ0n) is 11.9. The molecule has 2 aromatic rings. The van der Waals surface area contributed by atoms with Gasteiger partial charge in [-0.25, -0.2) is 8.78 Å². The van der Waals surface area contributed by atoms with Crippen LogP contribution in [0.15, 0.2) is 46.9 Å². The number of halogens is 3. The van der Waals surface area contributed by atoms with E-state index in [2.05, 4.69) is 15.9 Å². The summed E-state index contributed by atoms with van der Waals surface area (Å²) in [5, 5.41) is 0. The molecule has 0 atom stereocenters. The van der Waals surface area contributed by atoms with Crippen molar-refractivity contribution in [3.05, 3.63) is 64.1 Å². The molecule has 0 aromatic heterocycles. The quantitative estimate of drug-likeness (QED) is 0.800. The zero-order valence-corrected chi connectivity index (χ0v) is 13.4. The van der Waals surface area contributed by atoms with Gasteiger partial charge in [0, 0.05) is 17.6 Å². The fourth-order valence-corrected chi connectivity index (χ4v) is 2.07. The number of hydrogen-bond acceptors (Lipinski definition) is 2. The van der Waals surface area contributed by atoms with Crippen LogP contribution in [-0.2, 0) is 0 Å². The SMILES string of the molecule is CN(CCOc1ccc(Br)cc1)C(=O)c1ccc(F)cc1F. The summed E-state index contributed by atoms with van der Waals surface area (Å²) >= 11 is 3.32. The van der Waals surface area contributed by atoms with E-state index in [0.29, 0.717) is 11.8 Å². The average molecular weight is 370 g/mol. The second-order valence-electron chi connectivity index (χ2n) is 4.65. The van der Waals surface area contributed by atoms with Gasteiger partial charge in [-0.05, 0) is 36.4 Å². The molecule has 1 amide bonds. The Morgan fingerprint density at radius 3 is 2.50 bits per heavy atom. The lowest BCUT2D eigenvalue weighted by Gasteiger charge is -2.18. The van der Waals surface area contributed by atoms with E-state index in [1.807, 2.05) is 12.1 Å². The van der Waals surface area contributed by atoms with Crippen LogP contribution in [-0.4, -0.2) is 31.0 Å².